The predicted octanol–water partition coefficient (Wildman–Crippen LogP) is 2.94. The minimum absolute atomic E-state index is 0.260. The van der Waals surface area contributed by atoms with Crippen molar-refractivity contribution in [3.63, 3.8) is 0 Å². The summed E-state index contributed by atoms with van der Waals surface area (Å²) in [5.41, 5.74) is 0.892. The summed E-state index contributed by atoms with van der Waals surface area (Å²) in [4.78, 5) is 0. The second kappa shape index (κ2) is 7.50. The maximum absolute atomic E-state index is 10.5. The van der Waals surface area contributed by atoms with E-state index in [-0.39, 0.29) is 5.92 Å². The lowest BCUT2D eigenvalue weighted by molar-refractivity contribution is 0.00708. The van der Waals surface area contributed by atoms with E-state index in [1.165, 1.54) is 0 Å². The highest BCUT2D eigenvalue weighted by Gasteiger charge is 2.24. The van der Waals surface area contributed by atoms with Crippen molar-refractivity contribution in [2.24, 2.45) is 5.92 Å². The topological polar surface area (TPSA) is 47.9 Å². The second-order valence-corrected chi connectivity index (χ2v) is 4.97. The van der Waals surface area contributed by atoms with E-state index < -0.39 is 6.10 Å². The molecule has 1 saturated heterocycles. The molecule has 112 valence electrons. The van der Waals surface area contributed by atoms with Crippen molar-refractivity contribution >= 4 is 0 Å². The fourth-order valence-electron chi connectivity index (χ4n) is 2.56. The summed E-state index contributed by atoms with van der Waals surface area (Å²) < 4.78 is 16.5. The van der Waals surface area contributed by atoms with Gasteiger partial charge in [-0.2, -0.15) is 0 Å². The lowest BCUT2D eigenvalue weighted by atomic mass is 9.89. The van der Waals surface area contributed by atoms with Gasteiger partial charge in [-0.1, -0.05) is 6.07 Å². The average molecular weight is 280 g/mol. The van der Waals surface area contributed by atoms with Crippen LogP contribution in [0.15, 0.2) is 18.2 Å². The van der Waals surface area contributed by atoms with Crippen molar-refractivity contribution in [1.82, 2.24) is 0 Å². The molecule has 0 spiro atoms. The Kier molecular flexibility index (Phi) is 5.68. The summed E-state index contributed by atoms with van der Waals surface area (Å²) in [6.07, 6.45) is 1.34. The van der Waals surface area contributed by atoms with Crippen LogP contribution in [-0.2, 0) is 4.74 Å². The Labute approximate surface area is 120 Å². The molecule has 1 aromatic rings. The Bertz CT molecular complexity index is 413. The highest BCUT2D eigenvalue weighted by molar-refractivity contribution is 5.43. The number of rotatable bonds is 6. The van der Waals surface area contributed by atoms with E-state index in [0.29, 0.717) is 19.0 Å². The zero-order valence-electron chi connectivity index (χ0n) is 12.3. The molecule has 1 aliphatic rings. The summed E-state index contributed by atoms with van der Waals surface area (Å²) in [7, 11) is 0. The third kappa shape index (κ3) is 3.64. The zero-order chi connectivity index (χ0) is 14.4. The minimum Gasteiger partial charge on any atom is -0.490 e. The Hall–Kier alpha value is -1.26. The molecule has 1 atom stereocenters. The van der Waals surface area contributed by atoms with Crippen LogP contribution in [-0.4, -0.2) is 31.5 Å². The van der Waals surface area contributed by atoms with Gasteiger partial charge in [0.15, 0.2) is 11.5 Å². The maximum atomic E-state index is 10.5. The molecule has 1 aliphatic heterocycles. The van der Waals surface area contributed by atoms with E-state index in [1.54, 1.807) is 0 Å². The SMILES string of the molecule is CCOc1ccc(C(O)C2CCOCC2)cc1OCC. The van der Waals surface area contributed by atoms with Gasteiger partial charge < -0.3 is 19.3 Å². The van der Waals surface area contributed by atoms with Crippen LogP contribution in [0.4, 0.5) is 0 Å². The van der Waals surface area contributed by atoms with Gasteiger partial charge in [0.2, 0.25) is 0 Å². The van der Waals surface area contributed by atoms with Crippen molar-refractivity contribution in [2.75, 3.05) is 26.4 Å². The first-order valence-corrected chi connectivity index (χ1v) is 7.41. The largest absolute Gasteiger partial charge is 0.490 e. The van der Waals surface area contributed by atoms with Crippen LogP contribution in [0.25, 0.3) is 0 Å². The lowest BCUT2D eigenvalue weighted by Gasteiger charge is -2.27. The van der Waals surface area contributed by atoms with Crippen molar-refractivity contribution in [3.05, 3.63) is 23.8 Å². The molecule has 1 fully saturated rings. The van der Waals surface area contributed by atoms with Crippen LogP contribution in [0.2, 0.25) is 0 Å². The smallest absolute Gasteiger partial charge is 0.161 e. The first-order valence-electron chi connectivity index (χ1n) is 7.41. The highest BCUT2D eigenvalue weighted by Crippen LogP contribution is 2.35. The summed E-state index contributed by atoms with van der Waals surface area (Å²) in [5.74, 6) is 1.70. The van der Waals surface area contributed by atoms with E-state index in [0.717, 1.165) is 37.4 Å². The zero-order valence-corrected chi connectivity index (χ0v) is 12.3. The molecule has 4 heteroatoms. The predicted molar refractivity (Wildman–Crippen MR) is 77.3 cm³/mol. The Morgan fingerprint density at radius 1 is 1.15 bits per heavy atom. The van der Waals surface area contributed by atoms with Gasteiger partial charge >= 0.3 is 0 Å². The van der Waals surface area contributed by atoms with E-state index in [2.05, 4.69) is 0 Å². The van der Waals surface area contributed by atoms with E-state index >= 15 is 0 Å². The van der Waals surface area contributed by atoms with Gasteiger partial charge in [0.1, 0.15) is 0 Å². The second-order valence-electron chi connectivity index (χ2n) is 4.97. The summed E-state index contributed by atoms with van der Waals surface area (Å²) in [6.45, 7) is 6.53. The van der Waals surface area contributed by atoms with Crippen LogP contribution < -0.4 is 9.47 Å². The number of benzene rings is 1. The van der Waals surface area contributed by atoms with Gasteiger partial charge in [-0.25, -0.2) is 0 Å². The van der Waals surface area contributed by atoms with Gasteiger partial charge in [-0.05, 0) is 50.3 Å². The van der Waals surface area contributed by atoms with Crippen LogP contribution >= 0.6 is 0 Å². The van der Waals surface area contributed by atoms with E-state index in [4.69, 9.17) is 14.2 Å². The molecule has 1 heterocycles. The van der Waals surface area contributed by atoms with Crippen LogP contribution in [0, 0.1) is 5.92 Å². The van der Waals surface area contributed by atoms with E-state index in [1.807, 2.05) is 32.0 Å². The molecule has 0 aliphatic carbocycles. The van der Waals surface area contributed by atoms with Crippen molar-refractivity contribution in [1.29, 1.82) is 0 Å². The quantitative estimate of drug-likeness (QED) is 0.870. The monoisotopic (exact) mass is 280 g/mol. The number of hydrogen-bond donors (Lipinski definition) is 1. The Balaban J connectivity index is 2.16. The van der Waals surface area contributed by atoms with Crippen LogP contribution in [0.5, 0.6) is 11.5 Å². The Morgan fingerprint density at radius 2 is 1.80 bits per heavy atom. The lowest BCUT2D eigenvalue weighted by Crippen LogP contribution is -2.22. The van der Waals surface area contributed by atoms with Crippen LogP contribution in [0.3, 0.4) is 0 Å². The number of aliphatic hydroxyl groups excluding tert-OH is 1. The first-order chi connectivity index (χ1) is 9.76. The average Bonchev–Trinajstić information content (AvgIpc) is 2.50. The molecule has 0 saturated carbocycles. The number of ether oxygens (including phenoxy) is 3. The van der Waals surface area contributed by atoms with Gasteiger partial charge in [0.05, 0.1) is 19.3 Å². The Morgan fingerprint density at radius 3 is 2.45 bits per heavy atom. The van der Waals surface area contributed by atoms with Gasteiger partial charge in [0.25, 0.3) is 0 Å². The van der Waals surface area contributed by atoms with Gasteiger partial charge in [-0.3, -0.25) is 0 Å². The molecule has 0 radical (unpaired) electrons. The molecule has 20 heavy (non-hydrogen) atoms. The molecule has 1 aromatic carbocycles. The minimum atomic E-state index is -0.464. The highest BCUT2D eigenvalue weighted by atomic mass is 16.5. The molecule has 2 rings (SSSR count). The van der Waals surface area contributed by atoms with Crippen molar-refractivity contribution < 1.29 is 19.3 Å². The third-order valence-electron chi connectivity index (χ3n) is 3.62. The molecular formula is C16H24O4. The fraction of sp³-hybridized carbons (Fsp3) is 0.625. The molecule has 0 amide bonds. The first kappa shape index (κ1) is 15.1. The molecule has 4 nitrogen and oxygen atoms in total. The third-order valence-corrected chi connectivity index (χ3v) is 3.62. The summed E-state index contributed by atoms with van der Waals surface area (Å²) in [5, 5.41) is 10.5. The van der Waals surface area contributed by atoms with Crippen LogP contribution in [0.1, 0.15) is 38.4 Å². The summed E-state index contributed by atoms with van der Waals surface area (Å²) >= 11 is 0. The molecule has 0 aromatic heterocycles. The standard InChI is InChI=1S/C16H24O4/c1-3-19-14-6-5-13(11-15(14)20-4-2)16(17)12-7-9-18-10-8-12/h5-6,11-12,16-17H,3-4,7-10H2,1-2H3. The molecular weight excluding hydrogens is 256 g/mol. The fourth-order valence-corrected chi connectivity index (χ4v) is 2.56. The molecule has 1 unspecified atom stereocenters. The van der Waals surface area contributed by atoms with Crippen molar-refractivity contribution in [3.8, 4) is 11.5 Å². The molecule has 0 bridgehead atoms. The van der Waals surface area contributed by atoms with Gasteiger partial charge in [0, 0.05) is 13.2 Å². The number of aliphatic hydroxyl groups is 1. The normalized spacial score (nSPS) is 17.8. The van der Waals surface area contributed by atoms with Gasteiger partial charge in [-0.15, -0.1) is 0 Å². The maximum Gasteiger partial charge on any atom is 0.161 e. The van der Waals surface area contributed by atoms with E-state index in [9.17, 15) is 5.11 Å². The summed E-state index contributed by atoms with van der Waals surface area (Å²) in [6, 6.07) is 5.70. The van der Waals surface area contributed by atoms with Crippen molar-refractivity contribution in [2.45, 2.75) is 32.8 Å². The number of hydrogen-bond acceptors (Lipinski definition) is 4. The molecule has 1 N–H and O–H groups in total.